The van der Waals surface area contributed by atoms with Crippen molar-refractivity contribution in [3.05, 3.63) is 18.0 Å². The molecule has 0 aliphatic carbocycles. The van der Waals surface area contributed by atoms with Crippen molar-refractivity contribution in [1.82, 2.24) is 15.3 Å². The van der Waals surface area contributed by atoms with Crippen LogP contribution in [0.15, 0.2) is 12.3 Å². The van der Waals surface area contributed by atoms with E-state index in [-0.39, 0.29) is 0 Å². The van der Waals surface area contributed by atoms with Gasteiger partial charge in [0.25, 0.3) is 0 Å². The molecule has 0 spiro atoms. The maximum atomic E-state index is 4.42. The molecule has 1 aliphatic heterocycles. The maximum Gasteiger partial charge on any atom is 0.222 e. The van der Waals surface area contributed by atoms with Crippen molar-refractivity contribution in [3.8, 4) is 0 Å². The van der Waals surface area contributed by atoms with Crippen LogP contribution in [-0.2, 0) is 0 Å². The number of hydrogen-bond donors (Lipinski definition) is 2. The van der Waals surface area contributed by atoms with Crippen LogP contribution in [0.5, 0.6) is 0 Å². The molecule has 0 radical (unpaired) electrons. The van der Waals surface area contributed by atoms with Gasteiger partial charge in [-0.2, -0.15) is 0 Å². The summed E-state index contributed by atoms with van der Waals surface area (Å²) in [7, 11) is 0. The zero-order valence-corrected chi connectivity index (χ0v) is 7.75. The first-order chi connectivity index (χ1) is 6.40. The monoisotopic (exact) mass is 178 g/mol. The molecular weight excluding hydrogens is 164 g/mol. The summed E-state index contributed by atoms with van der Waals surface area (Å²) in [5, 5.41) is 6.34. The first-order valence-electron chi connectivity index (χ1n) is 4.67. The summed E-state index contributed by atoms with van der Waals surface area (Å²) < 4.78 is 0. The van der Waals surface area contributed by atoms with Gasteiger partial charge in [0.05, 0.1) is 5.69 Å². The van der Waals surface area contributed by atoms with Crippen LogP contribution < -0.4 is 10.6 Å². The predicted octanol–water partition coefficient (Wildman–Crippen LogP) is 0.595. The SMILES string of the molecule is CCNc1nccc(C2CNC2)n1. The molecule has 0 amide bonds. The van der Waals surface area contributed by atoms with Crippen LogP contribution in [-0.4, -0.2) is 29.6 Å². The number of rotatable bonds is 3. The molecule has 4 nitrogen and oxygen atoms in total. The topological polar surface area (TPSA) is 49.8 Å². The molecule has 1 fully saturated rings. The minimum atomic E-state index is 0.584. The molecule has 4 heteroatoms. The number of anilines is 1. The Hall–Kier alpha value is -1.16. The molecule has 0 unspecified atom stereocenters. The van der Waals surface area contributed by atoms with Crippen LogP contribution in [0.25, 0.3) is 0 Å². The van der Waals surface area contributed by atoms with Gasteiger partial charge in [-0.15, -0.1) is 0 Å². The Balaban J connectivity index is 2.11. The van der Waals surface area contributed by atoms with Gasteiger partial charge in [0.15, 0.2) is 0 Å². The van der Waals surface area contributed by atoms with Gasteiger partial charge in [0.2, 0.25) is 5.95 Å². The summed E-state index contributed by atoms with van der Waals surface area (Å²) in [6.07, 6.45) is 1.82. The fourth-order valence-corrected chi connectivity index (χ4v) is 1.34. The molecule has 0 atom stereocenters. The van der Waals surface area contributed by atoms with Crippen molar-refractivity contribution >= 4 is 5.95 Å². The molecule has 1 aliphatic rings. The van der Waals surface area contributed by atoms with E-state index in [0.717, 1.165) is 31.3 Å². The lowest BCUT2D eigenvalue weighted by atomic mass is 9.99. The van der Waals surface area contributed by atoms with E-state index in [1.165, 1.54) is 0 Å². The largest absolute Gasteiger partial charge is 0.354 e. The van der Waals surface area contributed by atoms with Crippen molar-refractivity contribution in [2.75, 3.05) is 25.0 Å². The molecule has 13 heavy (non-hydrogen) atoms. The van der Waals surface area contributed by atoms with E-state index in [2.05, 4.69) is 20.6 Å². The Labute approximate surface area is 77.8 Å². The van der Waals surface area contributed by atoms with E-state index in [0.29, 0.717) is 5.92 Å². The summed E-state index contributed by atoms with van der Waals surface area (Å²) in [6.45, 7) is 5.00. The third kappa shape index (κ3) is 1.78. The van der Waals surface area contributed by atoms with Crippen molar-refractivity contribution in [1.29, 1.82) is 0 Å². The van der Waals surface area contributed by atoms with E-state index in [4.69, 9.17) is 0 Å². The smallest absolute Gasteiger partial charge is 0.222 e. The summed E-state index contributed by atoms with van der Waals surface area (Å²) >= 11 is 0. The first-order valence-corrected chi connectivity index (χ1v) is 4.67. The molecular formula is C9H14N4. The molecule has 0 aromatic carbocycles. The average molecular weight is 178 g/mol. The quantitative estimate of drug-likeness (QED) is 0.711. The minimum Gasteiger partial charge on any atom is -0.354 e. The van der Waals surface area contributed by atoms with Crippen molar-refractivity contribution < 1.29 is 0 Å². The van der Waals surface area contributed by atoms with Gasteiger partial charge in [-0.25, -0.2) is 9.97 Å². The van der Waals surface area contributed by atoms with Gasteiger partial charge < -0.3 is 10.6 Å². The highest BCUT2D eigenvalue weighted by atomic mass is 15.1. The third-order valence-corrected chi connectivity index (χ3v) is 2.21. The van der Waals surface area contributed by atoms with Crippen LogP contribution in [0.3, 0.4) is 0 Å². The minimum absolute atomic E-state index is 0.584. The number of nitrogens with zero attached hydrogens (tertiary/aromatic N) is 2. The lowest BCUT2D eigenvalue weighted by Crippen LogP contribution is -2.40. The predicted molar refractivity (Wildman–Crippen MR) is 51.8 cm³/mol. The Kier molecular flexibility index (Phi) is 2.40. The van der Waals surface area contributed by atoms with E-state index in [1.54, 1.807) is 0 Å². The molecule has 2 N–H and O–H groups in total. The Morgan fingerprint density at radius 2 is 2.46 bits per heavy atom. The lowest BCUT2D eigenvalue weighted by molar-refractivity contribution is 0.439. The first kappa shape index (κ1) is 8.44. The summed E-state index contributed by atoms with van der Waals surface area (Å²) in [5.41, 5.74) is 1.14. The number of hydrogen-bond acceptors (Lipinski definition) is 4. The van der Waals surface area contributed by atoms with Gasteiger partial charge in [0, 0.05) is 31.7 Å². The van der Waals surface area contributed by atoms with Gasteiger partial charge in [-0.1, -0.05) is 0 Å². The maximum absolute atomic E-state index is 4.42. The molecule has 1 saturated heterocycles. The Bertz CT molecular complexity index is 283. The second kappa shape index (κ2) is 3.70. The van der Waals surface area contributed by atoms with Gasteiger partial charge in [-0.05, 0) is 13.0 Å². The van der Waals surface area contributed by atoms with E-state index in [9.17, 15) is 0 Å². The molecule has 1 aromatic rings. The second-order valence-electron chi connectivity index (χ2n) is 3.19. The van der Waals surface area contributed by atoms with E-state index < -0.39 is 0 Å². The van der Waals surface area contributed by atoms with Gasteiger partial charge in [0.1, 0.15) is 0 Å². The summed E-state index contributed by atoms with van der Waals surface area (Å²) in [5.74, 6) is 1.33. The Morgan fingerprint density at radius 3 is 3.08 bits per heavy atom. The third-order valence-electron chi connectivity index (χ3n) is 2.21. The van der Waals surface area contributed by atoms with Gasteiger partial charge >= 0.3 is 0 Å². The fourth-order valence-electron chi connectivity index (χ4n) is 1.34. The van der Waals surface area contributed by atoms with E-state index in [1.807, 2.05) is 19.2 Å². The molecule has 70 valence electrons. The van der Waals surface area contributed by atoms with Crippen LogP contribution in [0.1, 0.15) is 18.5 Å². The zero-order chi connectivity index (χ0) is 9.10. The van der Waals surface area contributed by atoms with Crippen LogP contribution in [0.4, 0.5) is 5.95 Å². The molecule has 2 rings (SSSR count). The molecule has 0 saturated carbocycles. The van der Waals surface area contributed by atoms with Crippen LogP contribution in [0.2, 0.25) is 0 Å². The summed E-state index contributed by atoms with van der Waals surface area (Å²) in [4.78, 5) is 8.55. The van der Waals surface area contributed by atoms with E-state index >= 15 is 0 Å². The highest BCUT2D eigenvalue weighted by Gasteiger charge is 2.20. The lowest BCUT2D eigenvalue weighted by Gasteiger charge is -2.26. The average Bonchev–Trinajstić information content (AvgIpc) is 2.02. The van der Waals surface area contributed by atoms with Crippen LogP contribution in [0, 0.1) is 0 Å². The Morgan fingerprint density at radius 1 is 1.62 bits per heavy atom. The standard InChI is InChI=1S/C9H14N4/c1-2-11-9-12-4-3-8(13-9)7-5-10-6-7/h3-4,7,10H,2,5-6H2,1H3,(H,11,12,13). The molecule has 0 bridgehead atoms. The van der Waals surface area contributed by atoms with Crippen molar-refractivity contribution in [2.24, 2.45) is 0 Å². The number of aromatic nitrogens is 2. The highest BCUT2D eigenvalue weighted by molar-refractivity contribution is 5.27. The number of nitrogens with one attached hydrogen (secondary N) is 2. The fraction of sp³-hybridized carbons (Fsp3) is 0.556. The molecule has 1 aromatic heterocycles. The van der Waals surface area contributed by atoms with Crippen molar-refractivity contribution in [2.45, 2.75) is 12.8 Å². The summed E-state index contributed by atoms with van der Waals surface area (Å²) in [6, 6.07) is 1.99. The zero-order valence-electron chi connectivity index (χ0n) is 7.75. The van der Waals surface area contributed by atoms with Crippen molar-refractivity contribution in [3.63, 3.8) is 0 Å². The molecule has 2 heterocycles. The normalized spacial score (nSPS) is 16.7. The highest BCUT2D eigenvalue weighted by Crippen LogP contribution is 2.17. The van der Waals surface area contributed by atoms with Gasteiger partial charge in [-0.3, -0.25) is 0 Å². The van der Waals surface area contributed by atoms with Crippen LogP contribution >= 0.6 is 0 Å². The second-order valence-corrected chi connectivity index (χ2v) is 3.19.